The summed E-state index contributed by atoms with van der Waals surface area (Å²) in [5.41, 5.74) is 6.24. The summed E-state index contributed by atoms with van der Waals surface area (Å²) in [5.74, 6) is 2.95. The van der Waals surface area contributed by atoms with Gasteiger partial charge in [-0.05, 0) is 77.8 Å². The third kappa shape index (κ3) is 3.83. The van der Waals surface area contributed by atoms with E-state index in [9.17, 15) is 4.79 Å². The Morgan fingerprint density at radius 1 is 0.833 bits per heavy atom. The number of nitrogens with one attached hydrogen (secondary N) is 1. The summed E-state index contributed by atoms with van der Waals surface area (Å²) in [7, 11) is 0. The quantitative estimate of drug-likeness (QED) is 0.505. The van der Waals surface area contributed by atoms with Gasteiger partial charge in [0.25, 0.3) is 5.91 Å². The Labute approximate surface area is 214 Å². The van der Waals surface area contributed by atoms with E-state index in [1.807, 2.05) is 0 Å². The van der Waals surface area contributed by atoms with Crippen LogP contribution in [0.15, 0.2) is 78.9 Å². The van der Waals surface area contributed by atoms with Crippen LogP contribution in [0.4, 0.5) is 5.69 Å². The van der Waals surface area contributed by atoms with Crippen molar-refractivity contribution in [1.82, 2.24) is 9.80 Å². The largest absolute Gasteiger partial charge is 0.378 e. The van der Waals surface area contributed by atoms with Gasteiger partial charge in [-0.2, -0.15) is 0 Å². The maximum atomic E-state index is 13.6. The molecule has 4 aliphatic rings. The lowest BCUT2D eigenvalue weighted by molar-refractivity contribution is 0.0628. The van der Waals surface area contributed by atoms with Crippen molar-refractivity contribution in [2.75, 3.05) is 31.5 Å². The Hall–Kier alpha value is -3.11. The monoisotopic (exact) mass is 477 g/mol. The zero-order chi connectivity index (χ0) is 24.1. The van der Waals surface area contributed by atoms with Crippen LogP contribution in [0.5, 0.6) is 0 Å². The molecule has 1 N–H and O–H groups in total. The highest BCUT2D eigenvalue weighted by atomic mass is 16.2. The fraction of sp³-hybridized carbons (Fsp3) is 0.406. The first-order valence-electron chi connectivity index (χ1n) is 13.8. The lowest BCUT2D eigenvalue weighted by Crippen LogP contribution is -2.48. The molecule has 2 saturated carbocycles. The number of amides is 1. The molecule has 184 valence electrons. The zero-order valence-corrected chi connectivity index (χ0v) is 20.9. The predicted octanol–water partition coefficient (Wildman–Crippen LogP) is 5.94. The minimum Gasteiger partial charge on any atom is -0.378 e. The number of hydrogen-bond donors (Lipinski definition) is 1. The van der Waals surface area contributed by atoms with Gasteiger partial charge in [0.05, 0.1) is 6.04 Å². The Morgan fingerprint density at radius 2 is 1.56 bits per heavy atom. The van der Waals surface area contributed by atoms with E-state index in [1.165, 1.54) is 41.6 Å². The number of carbonyl (C=O) groups excluding carboxylic acids is 1. The average Bonchev–Trinajstić information content (AvgIpc) is 3.57. The molecular weight excluding hydrogens is 442 g/mol. The highest BCUT2D eigenvalue weighted by molar-refractivity contribution is 5.95. The molecule has 1 amide bonds. The lowest BCUT2D eigenvalue weighted by atomic mass is 9.68. The Morgan fingerprint density at radius 3 is 2.33 bits per heavy atom. The molecule has 0 spiro atoms. The molecule has 0 radical (unpaired) electrons. The van der Waals surface area contributed by atoms with Crippen LogP contribution in [-0.4, -0.2) is 41.9 Å². The van der Waals surface area contributed by atoms with Gasteiger partial charge in [0.2, 0.25) is 0 Å². The van der Waals surface area contributed by atoms with E-state index in [1.54, 1.807) is 0 Å². The van der Waals surface area contributed by atoms with Gasteiger partial charge in [0, 0.05) is 44.0 Å². The molecule has 3 aromatic rings. The summed E-state index contributed by atoms with van der Waals surface area (Å²) in [6, 6.07) is 28.5. The highest BCUT2D eigenvalue weighted by Crippen LogP contribution is 2.63. The fourth-order valence-corrected chi connectivity index (χ4v) is 7.74. The van der Waals surface area contributed by atoms with E-state index >= 15 is 0 Å². The molecule has 0 aromatic heterocycles. The van der Waals surface area contributed by atoms with E-state index < -0.39 is 0 Å². The third-order valence-electron chi connectivity index (χ3n) is 9.40. The number of benzene rings is 3. The highest BCUT2D eigenvalue weighted by Gasteiger charge is 2.53. The molecule has 1 saturated heterocycles. The summed E-state index contributed by atoms with van der Waals surface area (Å²) in [6.07, 6.45) is 4.05. The Balaban J connectivity index is 1.10. The molecule has 4 nitrogen and oxygen atoms in total. The van der Waals surface area contributed by atoms with Gasteiger partial charge in [-0.15, -0.1) is 0 Å². The van der Waals surface area contributed by atoms with Crippen LogP contribution >= 0.6 is 0 Å². The van der Waals surface area contributed by atoms with Gasteiger partial charge in [0.1, 0.15) is 0 Å². The van der Waals surface area contributed by atoms with Gasteiger partial charge >= 0.3 is 0 Å². The predicted molar refractivity (Wildman–Crippen MR) is 144 cm³/mol. The van der Waals surface area contributed by atoms with Gasteiger partial charge in [-0.25, -0.2) is 0 Å². The van der Waals surface area contributed by atoms with E-state index in [-0.39, 0.29) is 5.91 Å². The van der Waals surface area contributed by atoms with Crippen molar-refractivity contribution in [3.8, 4) is 0 Å². The SMILES string of the molecule is O=C(c1ccc2c(c1)[C@@H]1[C@H]3CC[C@@H](C3)[C@H]1[C@@H](c1ccccc1)N2)N1CCN(Cc2ccccc2)CC1. The van der Waals surface area contributed by atoms with E-state index in [0.717, 1.165) is 50.1 Å². The fourth-order valence-electron chi connectivity index (χ4n) is 7.74. The maximum absolute atomic E-state index is 13.6. The summed E-state index contributed by atoms with van der Waals surface area (Å²) in [6.45, 7) is 4.42. The van der Waals surface area contributed by atoms with Crippen LogP contribution in [0.3, 0.4) is 0 Å². The number of hydrogen-bond acceptors (Lipinski definition) is 3. The summed E-state index contributed by atoms with van der Waals surface area (Å²) in [5, 5.41) is 3.91. The van der Waals surface area contributed by atoms with Crippen molar-refractivity contribution in [1.29, 1.82) is 0 Å². The molecule has 2 bridgehead atoms. The minimum atomic E-state index is 0.196. The number of carbonyl (C=O) groups is 1. The molecule has 3 fully saturated rings. The first-order chi connectivity index (χ1) is 17.7. The Bertz CT molecular complexity index is 1230. The minimum absolute atomic E-state index is 0.196. The second-order valence-electron chi connectivity index (χ2n) is 11.3. The zero-order valence-electron chi connectivity index (χ0n) is 20.9. The van der Waals surface area contributed by atoms with Crippen molar-refractivity contribution in [3.05, 3.63) is 101 Å². The van der Waals surface area contributed by atoms with Crippen LogP contribution in [0.1, 0.15) is 58.3 Å². The normalized spacial score (nSPS) is 28.9. The molecule has 3 aromatic carbocycles. The average molecular weight is 478 g/mol. The molecule has 4 heteroatoms. The number of rotatable bonds is 4. The smallest absolute Gasteiger partial charge is 0.253 e. The molecular formula is C32H35N3O. The van der Waals surface area contributed by atoms with Crippen LogP contribution in [0.25, 0.3) is 0 Å². The van der Waals surface area contributed by atoms with Gasteiger partial charge < -0.3 is 10.2 Å². The number of nitrogens with zero attached hydrogens (tertiary/aromatic N) is 2. The summed E-state index contributed by atoms with van der Waals surface area (Å²) in [4.78, 5) is 18.1. The Kier molecular flexibility index (Phi) is 5.58. The third-order valence-corrected chi connectivity index (χ3v) is 9.40. The molecule has 2 aliphatic carbocycles. The second-order valence-corrected chi connectivity index (χ2v) is 11.3. The molecule has 2 heterocycles. The van der Waals surface area contributed by atoms with Crippen molar-refractivity contribution in [2.45, 2.75) is 37.8 Å². The van der Waals surface area contributed by atoms with Crippen LogP contribution < -0.4 is 5.32 Å². The topological polar surface area (TPSA) is 35.6 Å². The van der Waals surface area contributed by atoms with Gasteiger partial charge in [-0.3, -0.25) is 9.69 Å². The van der Waals surface area contributed by atoms with E-state index in [4.69, 9.17) is 0 Å². The molecule has 5 atom stereocenters. The number of anilines is 1. The second kappa shape index (κ2) is 9.08. The molecule has 36 heavy (non-hydrogen) atoms. The van der Waals surface area contributed by atoms with Gasteiger partial charge in [-0.1, -0.05) is 60.7 Å². The van der Waals surface area contributed by atoms with E-state index in [0.29, 0.717) is 17.9 Å². The van der Waals surface area contributed by atoms with Crippen LogP contribution in [0.2, 0.25) is 0 Å². The molecule has 0 unspecified atom stereocenters. The number of fused-ring (bicyclic) bond motifs is 7. The van der Waals surface area contributed by atoms with Gasteiger partial charge in [0.15, 0.2) is 0 Å². The van der Waals surface area contributed by atoms with Crippen molar-refractivity contribution in [2.24, 2.45) is 17.8 Å². The lowest BCUT2D eigenvalue weighted by Gasteiger charge is -2.43. The maximum Gasteiger partial charge on any atom is 0.253 e. The van der Waals surface area contributed by atoms with Crippen molar-refractivity contribution >= 4 is 11.6 Å². The first kappa shape index (κ1) is 22.1. The molecule has 2 aliphatic heterocycles. The van der Waals surface area contributed by atoms with Crippen LogP contribution in [0, 0.1) is 17.8 Å². The van der Waals surface area contributed by atoms with Crippen molar-refractivity contribution < 1.29 is 4.79 Å². The van der Waals surface area contributed by atoms with Crippen LogP contribution in [-0.2, 0) is 6.54 Å². The number of piperazine rings is 1. The van der Waals surface area contributed by atoms with E-state index in [2.05, 4.69) is 94.0 Å². The molecule has 7 rings (SSSR count). The van der Waals surface area contributed by atoms with Crippen molar-refractivity contribution in [3.63, 3.8) is 0 Å². The summed E-state index contributed by atoms with van der Waals surface area (Å²) < 4.78 is 0. The first-order valence-corrected chi connectivity index (χ1v) is 13.8. The summed E-state index contributed by atoms with van der Waals surface area (Å²) >= 11 is 0. The standard InChI is InChI=1S/C32H35N3O/c36-32(35-17-15-34(16-18-35)21-22-7-3-1-4-8-22)26-13-14-28-27(20-26)29-24-11-12-25(19-24)30(29)31(33-28)23-9-5-2-6-10-23/h1-10,13-14,20,24-25,29-31,33H,11-12,15-19,21H2/t24-,25-,29-,30+,31+/m0/s1.